The summed E-state index contributed by atoms with van der Waals surface area (Å²) in [6.45, 7) is 3.28. The number of urea groups is 1. The van der Waals surface area contributed by atoms with Gasteiger partial charge in [0.1, 0.15) is 0 Å². The topological polar surface area (TPSA) is 50.4 Å². The average molecular weight is 240 g/mol. The third-order valence-electron chi connectivity index (χ3n) is 4.39. The molecule has 4 nitrogen and oxygen atoms in total. The van der Waals surface area contributed by atoms with Crippen LogP contribution in [-0.2, 0) is 4.74 Å². The van der Waals surface area contributed by atoms with Crippen LogP contribution in [0.3, 0.4) is 0 Å². The molecule has 2 aliphatic carbocycles. The van der Waals surface area contributed by atoms with Gasteiger partial charge in [0.15, 0.2) is 0 Å². The molecule has 2 saturated carbocycles. The van der Waals surface area contributed by atoms with E-state index < -0.39 is 0 Å². The van der Waals surface area contributed by atoms with E-state index in [0.29, 0.717) is 25.1 Å². The van der Waals surface area contributed by atoms with Gasteiger partial charge in [0.05, 0.1) is 6.61 Å². The summed E-state index contributed by atoms with van der Waals surface area (Å²) >= 11 is 0. The lowest BCUT2D eigenvalue weighted by Crippen LogP contribution is -2.45. The Morgan fingerprint density at radius 3 is 2.82 bits per heavy atom. The quantitative estimate of drug-likeness (QED) is 0.719. The molecular weight excluding hydrogens is 216 g/mol. The number of hydrogen-bond donors (Lipinski definition) is 2. The van der Waals surface area contributed by atoms with Gasteiger partial charge in [0, 0.05) is 19.7 Å². The average Bonchev–Trinajstić information content (AvgIpc) is 2.91. The minimum atomic E-state index is -0.0580. The van der Waals surface area contributed by atoms with Crippen molar-refractivity contribution in [2.45, 2.75) is 38.6 Å². The number of amides is 2. The number of carbonyl (C=O) groups is 1. The molecule has 4 atom stereocenters. The monoisotopic (exact) mass is 240 g/mol. The van der Waals surface area contributed by atoms with Gasteiger partial charge < -0.3 is 15.4 Å². The second-order valence-corrected chi connectivity index (χ2v) is 5.52. The standard InChI is InChI=1S/C13H24N2O2/c1-9(15-13(16)14-5-6-17-2)12-8-10-3-4-11(12)7-10/h9-12H,3-8H2,1-2H3,(H2,14,15,16). The van der Waals surface area contributed by atoms with Gasteiger partial charge in [0.2, 0.25) is 0 Å². The smallest absolute Gasteiger partial charge is 0.315 e. The molecular formula is C13H24N2O2. The van der Waals surface area contributed by atoms with Crippen molar-refractivity contribution in [3.63, 3.8) is 0 Å². The maximum atomic E-state index is 11.6. The van der Waals surface area contributed by atoms with Crippen molar-refractivity contribution in [1.82, 2.24) is 10.6 Å². The Balaban J connectivity index is 1.70. The number of hydrogen-bond acceptors (Lipinski definition) is 2. The van der Waals surface area contributed by atoms with Crippen molar-refractivity contribution >= 4 is 6.03 Å². The predicted octanol–water partition coefficient (Wildman–Crippen LogP) is 1.76. The van der Waals surface area contributed by atoms with Crippen LogP contribution in [-0.4, -0.2) is 32.3 Å². The first-order valence-electron chi connectivity index (χ1n) is 6.74. The first-order valence-corrected chi connectivity index (χ1v) is 6.74. The molecule has 2 N–H and O–H groups in total. The van der Waals surface area contributed by atoms with E-state index in [1.165, 1.54) is 25.7 Å². The Morgan fingerprint density at radius 2 is 2.24 bits per heavy atom. The van der Waals surface area contributed by atoms with Crippen LogP contribution >= 0.6 is 0 Å². The van der Waals surface area contributed by atoms with Crippen LogP contribution < -0.4 is 10.6 Å². The highest BCUT2D eigenvalue weighted by Gasteiger charge is 2.42. The molecule has 0 aliphatic heterocycles. The Hall–Kier alpha value is -0.770. The third-order valence-corrected chi connectivity index (χ3v) is 4.39. The summed E-state index contributed by atoms with van der Waals surface area (Å²) in [5, 5.41) is 5.87. The highest BCUT2D eigenvalue weighted by molar-refractivity contribution is 5.74. The van der Waals surface area contributed by atoms with E-state index in [9.17, 15) is 4.79 Å². The van der Waals surface area contributed by atoms with Crippen LogP contribution in [0.1, 0.15) is 32.6 Å². The molecule has 2 rings (SSSR count). The molecule has 17 heavy (non-hydrogen) atoms. The van der Waals surface area contributed by atoms with Crippen LogP contribution in [0.4, 0.5) is 4.79 Å². The van der Waals surface area contributed by atoms with Gasteiger partial charge in [0.25, 0.3) is 0 Å². The zero-order valence-corrected chi connectivity index (χ0v) is 10.9. The van der Waals surface area contributed by atoms with Crippen molar-refractivity contribution in [2.24, 2.45) is 17.8 Å². The van der Waals surface area contributed by atoms with Gasteiger partial charge >= 0.3 is 6.03 Å². The molecule has 2 bridgehead atoms. The number of ether oxygens (including phenoxy) is 1. The predicted molar refractivity (Wildman–Crippen MR) is 66.8 cm³/mol. The van der Waals surface area contributed by atoms with Crippen molar-refractivity contribution in [3.8, 4) is 0 Å². The second kappa shape index (κ2) is 5.71. The zero-order chi connectivity index (χ0) is 12.3. The van der Waals surface area contributed by atoms with Gasteiger partial charge in [-0.2, -0.15) is 0 Å². The van der Waals surface area contributed by atoms with E-state index in [-0.39, 0.29) is 6.03 Å². The number of fused-ring (bicyclic) bond motifs is 2. The number of rotatable bonds is 5. The molecule has 0 heterocycles. The third kappa shape index (κ3) is 3.12. The Labute approximate surface area is 103 Å². The van der Waals surface area contributed by atoms with E-state index in [4.69, 9.17) is 4.74 Å². The fraction of sp³-hybridized carbons (Fsp3) is 0.923. The van der Waals surface area contributed by atoms with E-state index in [1.807, 2.05) is 0 Å². The van der Waals surface area contributed by atoms with Crippen molar-refractivity contribution in [2.75, 3.05) is 20.3 Å². The normalized spacial score (nSPS) is 32.5. The molecule has 2 amide bonds. The molecule has 2 fully saturated rings. The van der Waals surface area contributed by atoms with Crippen LogP contribution in [0.15, 0.2) is 0 Å². The molecule has 4 unspecified atom stereocenters. The lowest BCUT2D eigenvalue weighted by Gasteiger charge is -2.28. The van der Waals surface area contributed by atoms with Crippen molar-refractivity contribution in [1.29, 1.82) is 0 Å². The van der Waals surface area contributed by atoms with Gasteiger partial charge in [-0.1, -0.05) is 6.42 Å². The fourth-order valence-electron chi connectivity index (χ4n) is 3.54. The molecule has 0 aromatic heterocycles. The summed E-state index contributed by atoms with van der Waals surface area (Å²) in [7, 11) is 1.64. The highest BCUT2D eigenvalue weighted by atomic mass is 16.5. The first kappa shape index (κ1) is 12.7. The summed E-state index contributed by atoms with van der Waals surface area (Å²) in [5.41, 5.74) is 0. The molecule has 4 heteroatoms. The zero-order valence-electron chi connectivity index (χ0n) is 10.9. The summed E-state index contributed by atoms with van der Waals surface area (Å²) in [6.07, 6.45) is 5.48. The molecule has 2 aliphatic rings. The minimum Gasteiger partial charge on any atom is -0.383 e. The summed E-state index contributed by atoms with van der Waals surface area (Å²) in [5.74, 6) is 2.49. The highest BCUT2D eigenvalue weighted by Crippen LogP contribution is 2.49. The molecule has 0 spiro atoms. The number of methoxy groups -OCH3 is 1. The molecule has 0 aromatic rings. The second-order valence-electron chi connectivity index (χ2n) is 5.52. The summed E-state index contributed by atoms with van der Waals surface area (Å²) in [6, 6.07) is 0.241. The maximum absolute atomic E-state index is 11.6. The molecule has 0 saturated heterocycles. The largest absolute Gasteiger partial charge is 0.383 e. The van der Waals surface area contributed by atoms with Crippen LogP contribution in [0.5, 0.6) is 0 Å². The van der Waals surface area contributed by atoms with Crippen LogP contribution in [0, 0.1) is 17.8 Å². The fourth-order valence-corrected chi connectivity index (χ4v) is 3.54. The van der Waals surface area contributed by atoms with Crippen LogP contribution in [0.2, 0.25) is 0 Å². The van der Waals surface area contributed by atoms with E-state index >= 15 is 0 Å². The van der Waals surface area contributed by atoms with Gasteiger partial charge in [-0.25, -0.2) is 4.79 Å². The van der Waals surface area contributed by atoms with Gasteiger partial charge in [-0.3, -0.25) is 0 Å². The Bertz CT molecular complexity index is 270. The van der Waals surface area contributed by atoms with Gasteiger partial charge in [-0.15, -0.1) is 0 Å². The van der Waals surface area contributed by atoms with E-state index in [1.54, 1.807) is 7.11 Å². The number of nitrogens with one attached hydrogen (secondary N) is 2. The summed E-state index contributed by atoms with van der Waals surface area (Å²) < 4.78 is 4.89. The minimum absolute atomic E-state index is 0.0580. The Morgan fingerprint density at radius 1 is 1.41 bits per heavy atom. The van der Waals surface area contributed by atoms with Gasteiger partial charge in [-0.05, 0) is 43.9 Å². The lowest BCUT2D eigenvalue weighted by atomic mass is 9.84. The molecule has 0 radical (unpaired) electrons. The van der Waals surface area contributed by atoms with E-state index in [2.05, 4.69) is 17.6 Å². The van der Waals surface area contributed by atoms with Crippen molar-refractivity contribution < 1.29 is 9.53 Å². The number of carbonyl (C=O) groups excluding carboxylic acids is 1. The SMILES string of the molecule is COCCNC(=O)NC(C)C1CC2CCC1C2. The van der Waals surface area contributed by atoms with Crippen LogP contribution in [0.25, 0.3) is 0 Å². The Kier molecular flexibility index (Phi) is 4.26. The van der Waals surface area contributed by atoms with E-state index in [0.717, 1.165) is 11.8 Å². The maximum Gasteiger partial charge on any atom is 0.315 e. The molecule has 0 aromatic carbocycles. The van der Waals surface area contributed by atoms with Crippen molar-refractivity contribution in [3.05, 3.63) is 0 Å². The first-order chi connectivity index (χ1) is 8.20. The summed E-state index contributed by atoms with van der Waals surface area (Å²) in [4.78, 5) is 11.6. The molecule has 98 valence electrons. The lowest BCUT2D eigenvalue weighted by molar-refractivity contribution is 0.192.